The summed E-state index contributed by atoms with van der Waals surface area (Å²) in [7, 11) is 0. The van der Waals surface area contributed by atoms with Gasteiger partial charge in [0.25, 0.3) is 0 Å². The first-order valence-corrected chi connectivity index (χ1v) is 11.4. The van der Waals surface area contributed by atoms with Gasteiger partial charge in [-0.2, -0.15) is 0 Å². The van der Waals surface area contributed by atoms with E-state index in [0.29, 0.717) is 28.8 Å². The first-order chi connectivity index (χ1) is 15.3. The normalized spacial score (nSPS) is 24.2. The number of ether oxygens (including phenoxy) is 1. The molecule has 3 unspecified atom stereocenters. The summed E-state index contributed by atoms with van der Waals surface area (Å²) in [5, 5.41) is 11.6. The number of hydrogen-bond donors (Lipinski definition) is 1. The SMILES string of the molecule is CC1CCC2C(C1)c1c(c3ccccc3c3nc4ccc(C(=O)O)cc4nc13)OC2(C)C. The topological polar surface area (TPSA) is 72.3 Å². The second kappa shape index (κ2) is 6.64. The van der Waals surface area contributed by atoms with Crippen LogP contribution in [0.15, 0.2) is 42.5 Å². The van der Waals surface area contributed by atoms with E-state index in [0.717, 1.165) is 46.0 Å². The van der Waals surface area contributed by atoms with Crippen molar-refractivity contribution >= 4 is 38.8 Å². The van der Waals surface area contributed by atoms with Crippen LogP contribution in [0.25, 0.3) is 32.8 Å². The molecule has 6 rings (SSSR count). The van der Waals surface area contributed by atoms with Gasteiger partial charge in [-0.15, -0.1) is 0 Å². The summed E-state index contributed by atoms with van der Waals surface area (Å²) in [5.74, 6) is 1.38. The maximum Gasteiger partial charge on any atom is 0.335 e. The second-order valence-electron chi connectivity index (χ2n) is 10.1. The van der Waals surface area contributed by atoms with Crippen LogP contribution in [0, 0.1) is 11.8 Å². The lowest BCUT2D eigenvalue weighted by atomic mass is 9.64. The van der Waals surface area contributed by atoms with Crippen molar-refractivity contribution in [1.82, 2.24) is 9.97 Å². The minimum atomic E-state index is -0.958. The number of carboxylic acid groups (broad SMARTS) is 1. The largest absolute Gasteiger partial charge is 0.487 e. The van der Waals surface area contributed by atoms with E-state index in [1.165, 1.54) is 6.42 Å². The van der Waals surface area contributed by atoms with E-state index in [2.05, 4.69) is 32.9 Å². The molecule has 4 aromatic rings. The van der Waals surface area contributed by atoms with Crippen LogP contribution in [0.2, 0.25) is 0 Å². The Morgan fingerprint density at radius 2 is 1.78 bits per heavy atom. The molecule has 162 valence electrons. The molecule has 1 saturated carbocycles. The Balaban J connectivity index is 1.75. The minimum Gasteiger partial charge on any atom is -0.487 e. The van der Waals surface area contributed by atoms with Crippen molar-refractivity contribution in [2.75, 3.05) is 0 Å². The van der Waals surface area contributed by atoms with Gasteiger partial charge in [-0.25, -0.2) is 14.8 Å². The Morgan fingerprint density at radius 3 is 2.56 bits per heavy atom. The lowest BCUT2D eigenvalue weighted by Gasteiger charge is -2.49. The number of hydrogen-bond acceptors (Lipinski definition) is 4. The highest BCUT2D eigenvalue weighted by Crippen LogP contribution is 2.56. The molecule has 1 fully saturated rings. The predicted molar refractivity (Wildman–Crippen MR) is 125 cm³/mol. The molecular formula is C27H26N2O3. The summed E-state index contributed by atoms with van der Waals surface area (Å²) in [4.78, 5) is 21.6. The van der Waals surface area contributed by atoms with E-state index < -0.39 is 5.97 Å². The number of fused-ring (bicyclic) bond motifs is 9. The van der Waals surface area contributed by atoms with Crippen LogP contribution in [-0.2, 0) is 0 Å². The predicted octanol–water partition coefficient (Wildman–Crippen LogP) is 6.33. The molecule has 1 aliphatic heterocycles. The van der Waals surface area contributed by atoms with Gasteiger partial charge >= 0.3 is 5.97 Å². The lowest BCUT2D eigenvalue weighted by Crippen LogP contribution is -2.46. The zero-order valence-electron chi connectivity index (χ0n) is 18.6. The van der Waals surface area contributed by atoms with Gasteiger partial charge in [-0.1, -0.05) is 37.6 Å². The van der Waals surface area contributed by atoms with Crippen molar-refractivity contribution in [1.29, 1.82) is 0 Å². The van der Waals surface area contributed by atoms with Crippen molar-refractivity contribution in [2.24, 2.45) is 11.8 Å². The highest BCUT2D eigenvalue weighted by molar-refractivity contribution is 6.11. The quantitative estimate of drug-likeness (QED) is 0.285. The second-order valence-corrected chi connectivity index (χ2v) is 10.1. The van der Waals surface area contributed by atoms with Gasteiger partial charge in [0.2, 0.25) is 0 Å². The van der Waals surface area contributed by atoms with Gasteiger partial charge < -0.3 is 9.84 Å². The number of carbonyl (C=O) groups is 1. The molecule has 5 nitrogen and oxygen atoms in total. The molecule has 3 atom stereocenters. The average Bonchev–Trinajstić information content (AvgIpc) is 2.77. The van der Waals surface area contributed by atoms with Gasteiger partial charge in [-0.05, 0) is 56.7 Å². The summed E-state index contributed by atoms with van der Waals surface area (Å²) in [5.41, 5.74) is 4.17. The fourth-order valence-corrected chi connectivity index (χ4v) is 6.03. The molecular weight excluding hydrogens is 400 g/mol. The van der Waals surface area contributed by atoms with E-state index >= 15 is 0 Å². The van der Waals surface area contributed by atoms with Gasteiger partial charge in [-0.3, -0.25) is 0 Å². The van der Waals surface area contributed by atoms with E-state index in [9.17, 15) is 9.90 Å². The lowest BCUT2D eigenvalue weighted by molar-refractivity contribution is -0.0115. The number of aromatic carboxylic acids is 1. The first-order valence-electron chi connectivity index (χ1n) is 11.4. The fourth-order valence-electron chi connectivity index (χ4n) is 6.03. The van der Waals surface area contributed by atoms with E-state index in [-0.39, 0.29) is 11.2 Å². The smallest absolute Gasteiger partial charge is 0.335 e. The van der Waals surface area contributed by atoms with E-state index in [1.54, 1.807) is 18.2 Å². The number of aromatic nitrogens is 2. The number of nitrogens with zero attached hydrogens (tertiary/aromatic N) is 2. The number of carboxylic acids is 1. The standard InChI is InChI=1S/C27H26N2O3/c1-14-8-10-19-18(12-14)22-24-23(28-20-11-9-15(26(30)31)13-21(20)29-24)16-6-4-5-7-17(16)25(22)32-27(19,2)3/h4-7,9,11,13-14,18-19H,8,10,12H2,1-3H3,(H,30,31). The summed E-state index contributed by atoms with van der Waals surface area (Å²) in [6.45, 7) is 6.77. The molecule has 1 N–H and O–H groups in total. The molecule has 0 saturated heterocycles. The highest BCUT2D eigenvalue weighted by Gasteiger charge is 2.47. The van der Waals surface area contributed by atoms with Crippen LogP contribution in [0.1, 0.15) is 61.9 Å². The third-order valence-corrected chi connectivity index (χ3v) is 7.58. The third-order valence-electron chi connectivity index (χ3n) is 7.58. The van der Waals surface area contributed by atoms with E-state index in [1.807, 2.05) is 12.1 Å². The molecule has 3 aromatic carbocycles. The maximum atomic E-state index is 11.5. The van der Waals surface area contributed by atoms with E-state index in [4.69, 9.17) is 14.7 Å². The number of benzene rings is 3. The highest BCUT2D eigenvalue weighted by atomic mass is 16.5. The Morgan fingerprint density at radius 1 is 1.03 bits per heavy atom. The minimum absolute atomic E-state index is 0.224. The molecule has 2 aliphatic rings. The first kappa shape index (κ1) is 19.5. The third kappa shape index (κ3) is 2.73. The molecule has 0 radical (unpaired) electrons. The molecule has 5 heteroatoms. The monoisotopic (exact) mass is 426 g/mol. The van der Waals surface area contributed by atoms with Crippen LogP contribution in [0.5, 0.6) is 5.75 Å². The molecule has 2 heterocycles. The van der Waals surface area contributed by atoms with Gasteiger partial charge in [0, 0.05) is 22.3 Å². The summed E-state index contributed by atoms with van der Waals surface area (Å²) in [6.07, 6.45) is 3.45. The van der Waals surface area contributed by atoms with Gasteiger partial charge in [0.05, 0.1) is 27.6 Å². The summed E-state index contributed by atoms with van der Waals surface area (Å²) < 4.78 is 6.76. The zero-order valence-corrected chi connectivity index (χ0v) is 18.6. The van der Waals surface area contributed by atoms with Gasteiger partial charge in [0.15, 0.2) is 0 Å². The van der Waals surface area contributed by atoms with Crippen LogP contribution >= 0.6 is 0 Å². The van der Waals surface area contributed by atoms with Crippen molar-refractivity contribution in [3.63, 3.8) is 0 Å². The Bertz CT molecular complexity index is 1430. The summed E-state index contributed by atoms with van der Waals surface area (Å²) >= 11 is 0. The average molecular weight is 427 g/mol. The molecule has 0 spiro atoms. The van der Waals surface area contributed by atoms with Crippen molar-refractivity contribution in [3.05, 3.63) is 53.6 Å². The van der Waals surface area contributed by atoms with Crippen LogP contribution in [0.4, 0.5) is 0 Å². The zero-order chi connectivity index (χ0) is 22.2. The maximum absolute atomic E-state index is 11.5. The Labute approximate surface area is 186 Å². The van der Waals surface area contributed by atoms with Crippen molar-refractivity contribution in [2.45, 2.75) is 51.6 Å². The Hall–Kier alpha value is -3.21. The van der Waals surface area contributed by atoms with Crippen LogP contribution < -0.4 is 4.74 Å². The van der Waals surface area contributed by atoms with Gasteiger partial charge in [0.1, 0.15) is 11.4 Å². The number of rotatable bonds is 1. The molecule has 1 aliphatic carbocycles. The summed E-state index contributed by atoms with van der Waals surface area (Å²) in [6, 6.07) is 13.2. The van der Waals surface area contributed by atoms with Crippen molar-refractivity contribution in [3.8, 4) is 5.75 Å². The van der Waals surface area contributed by atoms with Crippen LogP contribution in [0.3, 0.4) is 0 Å². The Kier molecular flexibility index (Phi) is 4.04. The molecule has 0 bridgehead atoms. The molecule has 32 heavy (non-hydrogen) atoms. The fraction of sp³-hybridized carbons (Fsp3) is 0.370. The molecule has 0 amide bonds. The van der Waals surface area contributed by atoms with Crippen molar-refractivity contribution < 1.29 is 14.6 Å². The molecule has 1 aromatic heterocycles. The van der Waals surface area contributed by atoms with Crippen LogP contribution in [-0.4, -0.2) is 26.6 Å².